The van der Waals surface area contributed by atoms with Gasteiger partial charge < -0.3 is 4.18 Å². The number of hydrogen-bond donors (Lipinski definition) is 0. The van der Waals surface area contributed by atoms with E-state index in [1.54, 1.807) is 13.8 Å². The van der Waals surface area contributed by atoms with E-state index in [1.165, 1.54) is 6.26 Å². The predicted octanol–water partition coefficient (Wildman–Crippen LogP) is 0.886. The Morgan fingerprint density at radius 3 is 2.00 bits per heavy atom. The molecule has 0 amide bonds. The molecule has 0 aromatic heterocycles. The Balaban J connectivity index is 3.95. The molecule has 0 aliphatic carbocycles. The van der Waals surface area contributed by atoms with Crippen molar-refractivity contribution in [1.82, 2.24) is 0 Å². The summed E-state index contributed by atoms with van der Waals surface area (Å²) in [4.78, 5) is 0. The lowest BCUT2D eigenvalue weighted by Crippen LogP contribution is -1.96. The lowest BCUT2D eigenvalue weighted by molar-refractivity contribution is 0.446. The predicted molar refractivity (Wildman–Crippen MR) is 35.4 cm³/mol. The van der Waals surface area contributed by atoms with Crippen molar-refractivity contribution in [2.45, 2.75) is 13.8 Å². The molecule has 3 nitrogen and oxygen atoms in total. The summed E-state index contributed by atoms with van der Waals surface area (Å²) >= 11 is 0. The van der Waals surface area contributed by atoms with E-state index in [0.29, 0.717) is 0 Å². The summed E-state index contributed by atoms with van der Waals surface area (Å²) < 4.78 is 24.8. The van der Waals surface area contributed by atoms with E-state index < -0.39 is 10.1 Å². The van der Waals surface area contributed by atoms with Crippen molar-refractivity contribution < 1.29 is 12.6 Å². The highest BCUT2D eigenvalue weighted by atomic mass is 32.2. The Bertz CT molecular complexity index is 196. The Kier molecular flexibility index (Phi) is 2.70. The smallest absolute Gasteiger partial charge is 0.305 e. The van der Waals surface area contributed by atoms with Crippen molar-refractivity contribution in [2.75, 3.05) is 6.26 Å². The molecule has 0 saturated heterocycles. The summed E-state index contributed by atoms with van der Waals surface area (Å²) in [6.07, 6.45) is 2.21. The highest BCUT2D eigenvalue weighted by molar-refractivity contribution is 7.86. The van der Waals surface area contributed by atoms with Gasteiger partial charge >= 0.3 is 10.1 Å². The number of rotatable bonds is 2. The van der Waals surface area contributed by atoms with Gasteiger partial charge in [-0.25, -0.2) is 0 Å². The molecule has 0 aliphatic rings. The van der Waals surface area contributed by atoms with E-state index in [2.05, 4.69) is 4.18 Å². The Hall–Kier alpha value is -0.510. The van der Waals surface area contributed by atoms with Gasteiger partial charge in [0.25, 0.3) is 0 Å². The summed E-state index contributed by atoms with van der Waals surface area (Å²) in [5, 5.41) is 0. The van der Waals surface area contributed by atoms with Crippen LogP contribution in [0.1, 0.15) is 13.8 Å². The fourth-order valence-corrected chi connectivity index (χ4v) is 0.551. The monoisotopic (exact) mass is 150 g/mol. The van der Waals surface area contributed by atoms with Gasteiger partial charge in [-0.1, -0.05) is 0 Å². The molecule has 0 radical (unpaired) electrons. The van der Waals surface area contributed by atoms with Gasteiger partial charge in [0.05, 0.1) is 6.26 Å². The van der Waals surface area contributed by atoms with Crippen molar-refractivity contribution in [3.8, 4) is 0 Å². The van der Waals surface area contributed by atoms with E-state index in [0.717, 1.165) is 11.8 Å². The van der Waals surface area contributed by atoms with Gasteiger partial charge in [0.1, 0.15) is 6.26 Å². The van der Waals surface area contributed by atoms with Crippen LogP contribution >= 0.6 is 0 Å². The molecule has 0 heterocycles. The Morgan fingerprint density at radius 1 is 1.44 bits per heavy atom. The van der Waals surface area contributed by atoms with Crippen molar-refractivity contribution in [2.24, 2.45) is 0 Å². The van der Waals surface area contributed by atoms with Crippen LogP contribution in [0.25, 0.3) is 0 Å². The van der Waals surface area contributed by atoms with Crippen LogP contribution in [0.15, 0.2) is 11.8 Å². The zero-order valence-electron chi connectivity index (χ0n) is 5.71. The van der Waals surface area contributed by atoms with E-state index >= 15 is 0 Å². The fourth-order valence-electron chi connectivity index (χ4n) is 0.184. The van der Waals surface area contributed by atoms with E-state index in [9.17, 15) is 8.42 Å². The van der Waals surface area contributed by atoms with Crippen LogP contribution in [-0.2, 0) is 14.3 Å². The molecule has 0 aliphatic heterocycles. The fraction of sp³-hybridized carbons (Fsp3) is 0.600. The Labute approximate surface area is 55.5 Å². The summed E-state index contributed by atoms with van der Waals surface area (Å²) in [7, 11) is -3.30. The minimum atomic E-state index is -3.30. The second-order valence-corrected chi connectivity index (χ2v) is 3.60. The lowest BCUT2D eigenvalue weighted by Gasteiger charge is -1.93. The maximum Gasteiger partial charge on any atom is 0.305 e. The van der Waals surface area contributed by atoms with Gasteiger partial charge in [-0.15, -0.1) is 0 Å². The van der Waals surface area contributed by atoms with Crippen LogP contribution in [0.2, 0.25) is 0 Å². The largest absolute Gasteiger partial charge is 0.391 e. The molecule has 54 valence electrons. The van der Waals surface area contributed by atoms with E-state index in [-0.39, 0.29) is 0 Å². The zero-order chi connectivity index (χ0) is 7.49. The Morgan fingerprint density at radius 2 is 1.89 bits per heavy atom. The van der Waals surface area contributed by atoms with Crippen molar-refractivity contribution in [3.63, 3.8) is 0 Å². The van der Waals surface area contributed by atoms with Gasteiger partial charge in [0, 0.05) is 0 Å². The molecule has 0 spiro atoms. The molecule has 0 fully saturated rings. The average molecular weight is 150 g/mol. The van der Waals surface area contributed by atoms with Crippen LogP contribution in [0.5, 0.6) is 0 Å². The second kappa shape index (κ2) is 2.87. The molecule has 0 aromatic carbocycles. The van der Waals surface area contributed by atoms with Gasteiger partial charge in [-0.05, 0) is 19.4 Å². The van der Waals surface area contributed by atoms with Crippen LogP contribution in [0.3, 0.4) is 0 Å². The third kappa shape index (κ3) is 7.49. The first-order valence-electron chi connectivity index (χ1n) is 2.43. The lowest BCUT2D eigenvalue weighted by atomic mass is 10.4. The number of hydrogen-bond acceptors (Lipinski definition) is 3. The van der Waals surface area contributed by atoms with Crippen molar-refractivity contribution in [3.05, 3.63) is 11.8 Å². The van der Waals surface area contributed by atoms with Gasteiger partial charge in [-0.2, -0.15) is 8.42 Å². The van der Waals surface area contributed by atoms with Crippen LogP contribution < -0.4 is 0 Å². The van der Waals surface area contributed by atoms with E-state index in [1.807, 2.05) is 0 Å². The first-order valence-corrected chi connectivity index (χ1v) is 4.25. The maximum absolute atomic E-state index is 10.3. The van der Waals surface area contributed by atoms with Crippen LogP contribution in [0, 0.1) is 0 Å². The van der Waals surface area contributed by atoms with Crippen molar-refractivity contribution in [1.29, 1.82) is 0 Å². The molecular formula is C5H10O3S. The molecule has 0 bridgehead atoms. The van der Waals surface area contributed by atoms with Crippen LogP contribution in [-0.4, -0.2) is 14.7 Å². The van der Waals surface area contributed by atoms with Gasteiger partial charge in [-0.3, -0.25) is 0 Å². The minimum absolute atomic E-state index is 0.820. The molecule has 0 atom stereocenters. The van der Waals surface area contributed by atoms with Gasteiger partial charge in [0.2, 0.25) is 0 Å². The molecule has 0 saturated carbocycles. The average Bonchev–Trinajstić information content (AvgIpc) is 1.59. The summed E-state index contributed by atoms with van der Waals surface area (Å²) in [5.41, 5.74) is 0.820. The highest BCUT2D eigenvalue weighted by Crippen LogP contribution is 1.93. The third-order valence-corrected chi connectivity index (χ3v) is 0.904. The quantitative estimate of drug-likeness (QED) is 0.433. The normalized spacial score (nSPS) is 10.6. The summed E-state index contributed by atoms with van der Waals surface area (Å²) in [6.45, 7) is 3.51. The van der Waals surface area contributed by atoms with Crippen LogP contribution in [0.4, 0.5) is 0 Å². The molecule has 0 rings (SSSR count). The van der Waals surface area contributed by atoms with Crippen molar-refractivity contribution >= 4 is 10.1 Å². The summed E-state index contributed by atoms with van der Waals surface area (Å²) in [6, 6.07) is 0. The maximum atomic E-state index is 10.3. The first-order chi connectivity index (χ1) is 3.92. The third-order valence-electron chi connectivity index (χ3n) is 0.459. The SMILES string of the molecule is CC(C)=COS(C)(=O)=O. The van der Waals surface area contributed by atoms with E-state index in [4.69, 9.17) is 0 Å². The topological polar surface area (TPSA) is 43.4 Å². The molecular weight excluding hydrogens is 140 g/mol. The minimum Gasteiger partial charge on any atom is -0.391 e. The highest BCUT2D eigenvalue weighted by Gasteiger charge is 1.95. The molecule has 0 N–H and O–H groups in total. The van der Waals surface area contributed by atoms with Gasteiger partial charge in [0.15, 0.2) is 0 Å². The zero-order valence-corrected chi connectivity index (χ0v) is 6.53. The first kappa shape index (κ1) is 8.49. The molecule has 0 unspecified atom stereocenters. The molecule has 0 aromatic rings. The number of allylic oxidation sites excluding steroid dienone is 1. The second-order valence-electron chi connectivity index (χ2n) is 2.00. The standard InChI is InChI=1S/C5H10O3S/c1-5(2)4-8-9(3,6)7/h4H,1-3H3. The molecule has 4 heteroatoms. The summed E-state index contributed by atoms with van der Waals surface area (Å²) in [5.74, 6) is 0. The molecule has 9 heavy (non-hydrogen) atoms.